The lowest BCUT2D eigenvalue weighted by atomic mass is 10.0. The largest absolute Gasteiger partial charge is 0.549 e. The normalized spacial score (nSPS) is 13.4. The fourth-order valence-electron chi connectivity index (χ4n) is 2.47. The molecule has 0 aromatic carbocycles. The molecule has 1 unspecified atom stereocenters. The number of hydrogen-bond acceptors (Lipinski definition) is 2. The van der Waals surface area contributed by atoms with Crippen LogP contribution in [0.1, 0.15) is 71.1 Å². The Morgan fingerprint density at radius 3 is 1.86 bits per heavy atom. The summed E-state index contributed by atoms with van der Waals surface area (Å²) in [5.74, 6) is 0.223. The van der Waals surface area contributed by atoms with Crippen LogP contribution in [0.15, 0.2) is 0 Å². The summed E-state index contributed by atoms with van der Waals surface area (Å²) in [7, 11) is 9.27. The highest BCUT2D eigenvalue weighted by Gasteiger charge is 2.21. The molecule has 0 aliphatic carbocycles. The molecule has 0 saturated carbocycles. The first-order chi connectivity index (χ1) is 9.90. The molecular weight excluding hydrogens is 281 g/mol. The van der Waals surface area contributed by atoms with Crippen LogP contribution in [0.25, 0.3) is 0 Å². The molecule has 126 valence electrons. The maximum absolute atomic E-state index is 12.1. The number of Topliss-reactive ketones (excluding diaryl/α,β-unsaturated/α-hetero) is 1. The second-order valence-electron chi connectivity index (χ2n) is 7.12. The van der Waals surface area contributed by atoms with Crippen molar-refractivity contribution in [2.24, 2.45) is 0 Å². The van der Waals surface area contributed by atoms with E-state index in [1.807, 2.05) is 0 Å². The molecule has 0 spiro atoms. The molecule has 0 radical (unpaired) electrons. The van der Waals surface area contributed by atoms with E-state index < -0.39 is 0 Å². The topological polar surface area (TPSA) is 26.3 Å². The number of rotatable bonds is 14. The van der Waals surface area contributed by atoms with Crippen molar-refractivity contribution in [1.29, 1.82) is 0 Å². The Bertz CT molecular complexity index is 264. The van der Waals surface area contributed by atoms with Crippen molar-refractivity contribution in [2.45, 2.75) is 77.2 Å². The van der Waals surface area contributed by atoms with E-state index in [4.69, 9.17) is 4.52 Å². The summed E-state index contributed by atoms with van der Waals surface area (Å²) in [5.41, 5.74) is 0. The Hall–Kier alpha value is 0.0200. The molecular formula is C17H36NO2P. The summed E-state index contributed by atoms with van der Waals surface area (Å²) < 4.78 is 5.90. The minimum absolute atomic E-state index is 0.223. The van der Waals surface area contributed by atoms with Crippen LogP contribution in [-0.4, -0.2) is 44.1 Å². The van der Waals surface area contributed by atoms with Gasteiger partial charge in [-0.1, -0.05) is 58.3 Å². The quantitative estimate of drug-likeness (QED) is 0.265. The second-order valence-corrected chi connectivity index (χ2v) is 7.36. The SMILES string of the molecule is CCCCCCCCCCCC(=O)C(C[N+](C)(C)C)O[PH-]. The van der Waals surface area contributed by atoms with Crippen molar-refractivity contribution in [3.8, 4) is 0 Å². The van der Waals surface area contributed by atoms with Crippen LogP contribution in [0.2, 0.25) is 0 Å². The van der Waals surface area contributed by atoms with Crippen molar-refractivity contribution in [1.82, 2.24) is 0 Å². The van der Waals surface area contributed by atoms with Crippen LogP contribution in [-0.2, 0) is 9.32 Å². The Morgan fingerprint density at radius 2 is 1.43 bits per heavy atom. The highest BCUT2D eigenvalue weighted by molar-refractivity contribution is 7.09. The molecule has 0 aliphatic heterocycles. The van der Waals surface area contributed by atoms with Crippen molar-refractivity contribution in [3.63, 3.8) is 0 Å². The van der Waals surface area contributed by atoms with Crippen molar-refractivity contribution < 1.29 is 13.8 Å². The number of likely N-dealkylation sites (N-methyl/N-ethyl adjacent to an activating group) is 1. The minimum atomic E-state index is -0.323. The number of carbonyl (C=O) groups is 1. The highest BCUT2D eigenvalue weighted by Crippen LogP contribution is 2.13. The van der Waals surface area contributed by atoms with Gasteiger partial charge >= 0.3 is 0 Å². The molecule has 0 aromatic rings. The zero-order chi connectivity index (χ0) is 16.1. The molecule has 4 heteroatoms. The van der Waals surface area contributed by atoms with Gasteiger partial charge in [-0.15, -0.1) is 0 Å². The van der Waals surface area contributed by atoms with E-state index in [1.54, 1.807) is 0 Å². The fraction of sp³-hybridized carbons (Fsp3) is 0.941. The zero-order valence-corrected chi connectivity index (χ0v) is 15.6. The average Bonchev–Trinajstić information content (AvgIpc) is 2.41. The lowest BCUT2D eigenvalue weighted by Gasteiger charge is -2.30. The van der Waals surface area contributed by atoms with Gasteiger partial charge in [0.05, 0.1) is 21.1 Å². The molecule has 0 heterocycles. The van der Waals surface area contributed by atoms with Crippen LogP contribution in [0.3, 0.4) is 0 Å². The molecule has 0 N–H and O–H groups in total. The minimum Gasteiger partial charge on any atom is -0.549 e. The van der Waals surface area contributed by atoms with Gasteiger partial charge in [-0.3, -0.25) is 4.79 Å². The summed E-state index contributed by atoms with van der Waals surface area (Å²) >= 11 is 0. The first-order valence-corrected chi connectivity index (χ1v) is 8.97. The van der Waals surface area contributed by atoms with Gasteiger partial charge in [-0.05, 0) is 6.42 Å². The van der Waals surface area contributed by atoms with Gasteiger partial charge in [0.25, 0.3) is 0 Å². The third-order valence-electron chi connectivity index (χ3n) is 3.74. The van der Waals surface area contributed by atoms with Crippen LogP contribution < -0.4 is 0 Å². The number of unbranched alkanes of at least 4 members (excludes halogenated alkanes) is 8. The van der Waals surface area contributed by atoms with Crippen molar-refractivity contribution in [2.75, 3.05) is 27.7 Å². The molecule has 0 bridgehead atoms. The third-order valence-corrected chi connectivity index (χ3v) is 4.03. The summed E-state index contributed by atoms with van der Waals surface area (Å²) in [4.78, 5) is 12.1. The molecule has 0 fully saturated rings. The predicted molar refractivity (Wildman–Crippen MR) is 92.9 cm³/mol. The first-order valence-electron chi connectivity index (χ1n) is 8.56. The Kier molecular flexibility index (Phi) is 12.6. The molecule has 0 aliphatic rings. The monoisotopic (exact) mass is 317 g/mol. The maximum Gasteiger partial charge on any atom is 0.164 e. The van der Waals surface area contributed by atoms with E-state index in [0.29, 0.717) is 13.0 Å². The van der Waals surface area contributed by atoms with E-state index in [1.165, 1.54) is 51.4 Å². The van der Waals surface area contributed by atoms with E-state index >= 15 is 0 Å². The standard InChI is InChI=1S/C17H36NO2P/c1-5-6-7-8-9-10-11-12-13-14-16(19)17(20-21)15-18(2,3)4/h17,21H,5-15H2,1-4H3. The van der Waals surface area contributed by atoms with Crippen molar-refractivity contribution in [3.05, 3.63) is 0 Å². The van der Waals surface area contributed by atoms with E-state index in [9.17, 15) is 4.79 Å². The molecule has 0 rings (SSSR count). The molecule has 0 amide bonds. The average molecular weight is 317 g/mol. The zero-order valence-electron chi connectivity index (χ0n) is 14.6. The van der Waals surface area contributed by atoms with E-state index in [0.717, 1.165) is 10.9 Å². The molecule has 1 atom stereocenters. The summed E-state index contributed by atoms with van der Waals surface area (Å²) in [6.07, 6.45) is 11.8. The molecule has 21 heavy (non-hydrogen) atoms. The lowest BCUT2D eigenvalue weighted by Crippen LogP contribution is -2.44. The third kappa shape index (κ3) is 13.4. The number of carbonyl (C=O) groups excluding carboxylic acids is 1. The molecule has 3 nitrogen and oxygen atoms in total. The smallest absolute Gasteiger partial charge is 0.164 e. The van der Waals surface area contributed by atoms with Crippen LogP contribution >= 0.6 is 9.47 Å². The lowest BCUT2D eigenvalue weighted by molar-refractivity contribution is -0.872. The highest BCUT2D eigenvalue weighted by atomic mass is 31.0. The van der Waals surface area contributed by atoms with Gasteiger partial charge in [0.1, 0.15) is 12.6 Å². The van der Waals surface area contributed by atoms with Crippen molar-refractivity contribution >= 4 is 15.2 Å². The van der Waals surface area contributed by atoms with Gasteiger partial charge in [0.15, 0.2) is 5.78 Å². The van der Waals surface area contributed by atoms with Gasteiger partial charge in [-0.25, -0.2) is 0 Å². The van der Waals surface area contributed by atoms with Gasteiger partial charge in [0.2, 0.25) is 0 Å². The van der Waals surface area contributed by atoms with Gasteiger partial charge < -0.3 is 18.5 Å². The predicted octanol–water partition coefficient (Wildman–Crippen LogP) is 4.63. The number of ketones is 1. The Morgan fingerprint density at radius 1 is 0.952 bits per heavy atom. The van der Waals surface area contributed by atoms with Crippen LogP contribution in [0.5, 0.6) is 0 Å². The second kappa shape index (κ2) is 12.6. The number of nitrogens with zero attached hydrogens (tertiary/aromatic N) is 1. The number of quaternary nitrogens is 1. The van der Waals surface area contributed by atoms with E-state index in [-0.39, 0.29) is 11.9 Å². The fourth-order valence-corrected chi connectivity index (χ4v) is 2.68. The van der Waals surface area contributed by atoms with Gasteiger partial charge in [0, 0.05) is 6.42 Å². The Balaban J connectivity index is 3.60. The summed E-state index contributed by atoms with van der Waals surface area (Å²) in [6, 6.07) is 0. The summed E-state index contributed by atoms with van der Waals surface area (Å²) in [5, 5.41) is 0. The Labute approximate surface area is 134 Å². The molecule has 0 saturated heterocycles. The van der Waals surface area contributed by atoms with Crippen LogP contribution in [0.4, 0.5) is 0 Å². The molecule has 0 aromatic heterocycles. The maximum atomic E-state index is 12.1. The number of hydrogen-bond donors (Lipinski definition) is 0. The van der Waals surface area contributed by atoms with Gasteiger partial charge in [-0.2, -0.15) is 0 Å². The summed E-state index contributed by atoms with van der Waals surface area (Å²) in [6.45, 7) is 2.96. The van der Waals surface area contributed by atoms with E-state index in [2.05, 4.69) is 37.5 Å². The first kappa shape index (κ1) is 21.0. The van der Waals surface area contributed by atoms with Crippen LogP contribution in [0, 0.1) is 0 Å².